The number of rotatable bonds is 4. The molecule has 1 aromatic heterocycles. The maximum absolute atomic E-state index is 13.0. The van der Waals surface area contributed by atoms with Crippen molar-refractivity contribution in [2.24, 2.45) is 5.92 Å². The molecule has 0 aliphatic carbocycles. The summed E-state index contributed by atoms with van der Waals surface area (Å²) in [6, 6.07) is 14.0. The second-order valence-electron chi connectivity index (χ2n) is 6.56. The van der Waals surface area contributed by atoms with Crippen LogP contribution in [0.2, 0.25) is 0 Å². The molecule has 6 heteroatoms. The van der Waals surface area contributed by atoms with Crippen molar-refractivity contribution in [2.45, 2.75) is 6.42 Å². The Labute approximate surface area is 159 Å². The Hall–Kier alpha value is -2.34. The van der Waals surface area contributed by atoms with Crippen molar-refractivity contribution in [2.75, 3.05) is 24.5 Å². The number of hydrogen-bond donors (Lipinski definition) is 1. The number of hydrogen-bond acceptors (Lipinski definition) is 3. The minimum Gasteiger partial charge on any atom is -0.450 e. The van der Waals surface area contributed by atoms with Gasteiger partial charge in [-0.15, -0.1) is 0 Å². The lowest BCUT2D eigenvalue weighted by Crippen LogP contribution is -2.30. The van der Waals surface area contributed by atoms with Gasteiger partial charge < -0.3 is 14.6 Å². The molecular weight excluding hydrogens is 399 g/mol. The Morgan fingerprint density at radius 1 is 1.27 bits per heavy atom. The lowest BCUT2D eigenvalue weighted by atomic mass is 10.1. The Balaban J connectivity index is 1.36. The van der Waals surface area contributed by atoms with E-state index in [0.717, 1.165) is 35.1 Å². The van der Waals surface area contributed by atoms with Gasteiger partial charge in [0.25, 0.3) is 5.91 Å². The maximum Gasteiger partial charge on any atom is 0.287 e. The van der Waals surface area contributed by atoms with Gasteiger partial charge in [0.15, 0.2) is 5.76 Å². The highest BCUT2D eigenvalue weighted by Gasteiger charge is 2.24. The van der Waals surface area contributed by atoms with E-state index in [-0.39, 0.29) is 11.7 Å². The van der Waals surface area contributed by atoms with E-state index in [2.05, 4.69) is 26.1 Å². The number of carbonyl (C=O) groups excluding carboxylic acids is 1. The van der Waals surface area contributed by atoms with Gasteiger partial charge in [0.1, 0.15) is 11.4 Å². The topological polar surface area (TPSA) is 45.5 Å². The first-order valence-electron chi connectivity index (χ1n) is 8.57. The average Bonchev–Trinajstić information content (AvgIpc) is 3.28. The molecule has 1 N–H and O–H groups in total. The number of nitrogens with one attached hydrogen (secondary N) is 1. The fourth-order valence-electron chi connectivity index (χ4n) is 3.35. The molecule has 2 aromatic carbocycles. The van der Waals surface area contributed by atoms with Gasteiger partial charge in [0.05, 0.1) is 4.47 Å². The van der Waals surface area contributed by atoms with Crippen LogP contribution in [0.25, 0.3) is 11.0 Å². The molecule has 2 heterocycles. The number of amides is 1. The van der Waals surface area contributed by atoms with Crippen LogP contribution in [0.5, 0.6) is 0 Å². The molecule has 4 rings (SSSR count). The Morgan fingerprint density at radius 2 is 2.08 bits per heavy atom. The van der Waals surface area contributed by atoms with Gasteiger partial charge in [0.2, 0.25) is 0 Å². The monoisotopic (exact) mass is 416 g/mol. The third kappa shape index (κ3) is 3.46. The highest BCUT2D eigenvalue weighted by Crippen LogP contribution is 2.27. The molecule has 1 atom stereocenters. The minimum atomic E-state index is -0.228. The summed E-state index contributed by atoms with van der Waals surface area (Å²) in [5, 5.41) is 3.86. The van der Waals surface area contributed by atoms with Gasteiger partial charge in [0, 0.05) is 30.7 Å². The van der Waals surface area contributed by atoms with Crippen LogP contribution in [-0.4, -0.2) is 25.5 Å². The van der Waals surface area contributed by atoms with E-state index in [1.54, 1.807) is 18.2 Å². The predicted octanol–water partition coefficient (Wildman–Crippen LogP) is 4.59. The largest absolute Gasteiger partial charge is 0.450 e. The molecule has 0 bridgehead atoms. The van der Waals surface area contributed by atoms with Gasteiger partial charge in [-0.25, -0.2) is 4.39 Å². The Morgan fingerprint density at radius 3 is 2.85 bits per heavy atom. The van der Waals surface area contributed by atoms with Crippen molar-refractivity contribution in [3.8, 4) is 0 Å². The first kappa shape index (κ1) is 17.1. The molecule has 1 fully saturated rings. The van der Waals surface area contributed by atoms with Crippen LogP contribution in [0.3, 0.4) is 0 Å². The summed E-state index contributed by atoms with van der Waals surface area (Å²) < 4.78 is 19.6. The summed E-state index contributed by atoms with van der Waals surface area (Å²) in [5.74, 6) is 0.253. The molecule has 0 spiro atoms. The van der Waals surface area contributed by atoms with Crippen molar-refractivity contribution < 1.29 is 13.6 Å². The molecule has 0 radical (unpaired) electrons. The summed E-state index contributed by atoms with van der Waals surface area (Å²) in [6.07, 6.45) is 0.989. The molecule has 1 aliphatic heterocycles. The molecule has 134 valence electrons. The first-order chi connectivity index (χ1) is 12.6. The second kappa shape index (κ2) is 7.11. The van der Waals surface area contributed by atoms with E-state index in [4.69, 9.17) is 4.42 Å². The van der Waals surface area contributed by atoms with Gasteiger partial charge >= 0.3 is 0 Å². The zero-order valence-electron chi connectivity index (χ0n) is 14.0. The highest BCUT2D eigenvalue weighted by molar-refractivity contribution is 9.10. The third-order valence-corrected chi connectivity index (χ3v) is 5.37. The van der Waals surface area contributed by atoms with Crippen molar-refractivity contribution >= 4 is 38.5 Å². The Bertz CT molecular complexity index is 939. The van der Waals surface area contributed by atoms with Crippen LogP contribution in [0, 0.1) is 11.7 Å². The van der Waals surface area contributed by atoms with Crippen LogP contribution >= 0.6 is 15.9 Å². The second-order valence-corrected chi connectivity index (χ2v) is 7.41. The maximum atomic E-state index is 13.0. The molecule has 1 aliphatic rings. The van der Waals surface area contributed by atoms with Crippen LogP contribution in [0.15, 0.2) is 57.4 Å². The van der Waals surface area contributed by atoms with E-state index >= 15 is 0 Å². The molecule has 1 saturated heterocycles. The number of para-hydroxylation sites is 1. The third-order valence-electron chi connectivity index (χ3n) is 4.75. The SMILES string of the molecule is O=C(NCC1CCN(c2ccc(F)cc2)C1)c1cc2cccc(Br)c2o1. The van der Waals surface area contributed by atoms with Gasteiger partial charge in [-0.3, -0.25) is 4.79 Å². The minimum absolute atomic E-state index is 0.201. The first-order valence-corrected chi connectivity index (χ1v) is 9.36. The van der Waals surface area contributed by atoms with Crippen molar-refractivity contribution in [3.05, 3.63) is 64.6 Å². The smallest absolute Gasteiger partial charge is 0.287 e. The van der Waals surface area contributed by atoms with Crippen molar-refractivity contribution in [3.63, 3.8) is 0 Å². The van der Waals surface area contributed by atoms with Gasteiger partial charge in [-0.1, -0.05) is 12.1 Å². The number of furan rings is 1. The highest BCUT2D eigenvalue weighted by atomic mass is 79.9. The van der Waals surface area contributed by atoms with Crippen molar-refractivity contribution in [1.29, 1.82) is 0 Å². The average molecular weight is 417 g/mol. The van der Waals surface area contributed by atoms with Gasteiger partial charge in [-0.2, -0.15) is 0 Å². The zero-order chi connectivity index (χ0) is 18.1. The number of carbonyl (C=O) groups is 1. The number of nitrogens with zero attached hydrogens (tertiary/aromatic N) is 1. The molecule has 0 saturated carbocycles. The quantitative estimate of drug-likeness (QED) is 0.676. The summed E-state index contributed by atoms with van der Waals surface area (Å²) in [5.41, 5.74) is 1.70. The number of halogens is 2. The summed E-state index contributed by atoms with van der Waals surface area (Å²) in [6.45, 7) is 2.34. The zero-order valence-corrected chi connectivity index (χ0v) is 15.6. The number of fused-ring (bicyclic) bond motifs is 1. The molecule has 1 amide bonds. The lowest BCUT2D eigenvalue weighted by Gasteiger charge is -2.18. The summed E-state index contributed by atoms with van der Waals surface area (Å²) >= 11 is 3.43. The number of anilines is 1. The summed E-state index contributed by atoms with van der Waals surface area (Å²) in [7, 11) is 0. The normalized spacial score (nSPS) is 17.0. The van der Waals surface area contributed by atoms with Gasteiger partial charge in [-0.05, 0) is 64.7 Å². The lowest BCUT2D eigenvalue weighted by molar-refractivity contribution is 0.0922. The van der Waals surface area contributed by atoms with Crippen molar-refractivity contribution in [1.82, 2.24) is 5.32 Å². The van der Waals surface area contributed by atoms with Crippen LogP contribution in [0.4, 0.5) is 10.1 Å². The van der Waals surface area contributed by atoms with E-state index < -0.39 is 0 Å². The molecule has 26 heavy (non-hydrogen) atoms. The van der Waals surface area contributed by atoms with E-state index in [1.165, 1.54) is 12.1 Å². The predicted molar refractivity (Wildman–Crippen MR) is 103 cm³/mol. The fraction of sp³-hybridized carbons (Fsp3) is 0.250. The molecule has 3 aromatic rings. The fourth-order valence-corrected chi connectivity index (χ4v) is 3.81. The summed E-state index contributed by atoms with van der Waals surface area (Å²) in [4.78, 5) is 14.6. The van der Waals surface area contributed by atoms with Crippen LogP contribution in [-0.2, 0) is 0 Å². The molecular formula is C20H18BrFN2O2. The Kier molecular flexibility index (Phi) is 4.68. The van der Waals surface area contributed by atoms with E-state index in [9.17, 15) is 9.18 Å². The van der Waals surface area contributed by atoms with Crippen LogP contribution in [0.1, 0.15) is 17.0 Å². The standard InChI is InChI=1S/C20H18BrFN2O2/c21-17-3-1-2-14-10-18(26-19(14)17)20(25)23-11-13-8-9-24(12-13)16-6-4-15(22)5-7-16/h1-7,10,13H,8-9,11-12H2,(H,23,25). The van der Waals surface area contributed by atoms with E-state index in [1.807, 2.05) is 18.2 Å². The molecule has 1 unspecified atom stereocenters. The number of benzene rings is 2. The molecule has 4 nitrogen and oxygen atoms in total. The van der Waals surface area contributed by atoms with Crippen LogP contribution < -0.4 is 10.2 Å². The van der Waals surface area contributed by atoms with E-state index in [0.29, 0.717) is 23.8 Å².